The standard InChI is InChI=1S/C14H16N2O4/c1-19-7-6-15-9-13(17)16-11-3-4-12-10(8-11)2-5-14(18)20-12/h2-5,8,15H,6-7,9H2,1H3,(H,16,17). The lowest BCUT2D eigenvalue weighted by atomic mass is 10.2. The zero-order valence-corrected chi connectivity index (χ0v) is 11.1. The van der Waals surface area contributed by atoms with E-state index in [4.69, 9.17) is 9.15 Å². The summed E-state index contributed by atoms with van der Waals surface area (Å²) in [5.41, 5.74) is 0.759. The van der Waals surface area contributed by atoms with Gasteiger partial charge in [0.1, 0.15) is 5.58 Å². The van der Waals surface area contributed by atoms with E-state index in [2.05, 4.69) is 10.6 Å². The Balaban J connectivity index is 1.97. The summed E-state index contributed by atoms with van der Waals surface area (Å²) >= 11 is 0. The maximum atomic E-state index is 11.7. The number of hydrogen-bond donors (Lipinski definition) is 2. The van der Waals surface area contributed by atoms with Crippen molar-refractivity contribution in [3.05, 3.63) is 40.8 Å². The van der Waals surface area contributed by atoms with Crippen molar-refractivity contribution >= 4 is 22.6 Å². The number of benzene rings is 1. The molecule has 6 nitrogen and oxygen atoms in total. The van der Waals surface area contributed by atoms with Gasteiger partial charge in [-0.1, -0.05) is 0 Å². The lowest BCUT2D eigenvalue weighted by molar-refractivity contribution is -0.115. The minimum Gasteiger partial charge on any atom is -0.423 e. The van der Waals surface area contributed by atoms with Gasteiger partial charge in [0.2, 0.25) is 5.91 Å². The summed E-state index contributed by atoms with van der Waals surface area (Å²) in [6.45, 7) is 1.39. The van der Waals surface area contributed by atoms with Crippen LogP contribution < -0.4 is 16.3 Å². The molecule has 0 saturated carbocycles. The number of amides is 1. The highest BCUT2D eigenvalue weighted by molar-refractivity contribution is 5.94. The van der Waals surface area contributed by atoms with Crippen molar-refractivity contribution in [1.82, 2.24) is 5.32 Å². The van der Waals surface area contributed by atoms with Crippen LogP contribution in [-0.2, 0) is 9.53 Å². The highest BCUT2D eigenvalue weighted by Crippen LogP contribution is 2.17. The van der Waals surface area contributed by atoms with Crippen LogP contribution in [0.3, 0.4) is 0 Å². The Morgan fingerprint density at radius 1 is 1.30 bits per heavy atom. The second-order valence-corrected chi connectivity index (χ2v) is 4.22. The summed E-state index contributed by atoms with van der Waals surface area (Å²) in [6, 6.07) is 8.11. The highest BCUT2D eigenvalue weighted by atomic mass is 16.5. The SMILES string of the molecule is COCCNCC(=O)Nc1ccc2oc(=O)ccc2c1. The third kappa shape index (κ3) is 3.91. The van der Waals surface area contributed by atoms with E-state index in [1.807, 2.05) is 0 Å². The first kappa shape index (κ1) is 14.2. The normalized spacial score (nSPS) is 10.7. The van der Waals surface area contributed by atoms with Crippen LogP contribution in [0.2, 0.25) is 0 Å². The number of anilines is 1. The van der Waals surface area contributed by atoms with E-state index in [0.717, 1.165) is 5.39 Å². The molecule has 1 aromatic heterocycles. The fraction of sp³-hybridized carbons (Fsp3) is 0.286. The van der Waals surface area contributed by atoms with Crippen molar-refractivity contribution in [2.24, 2.45) is 0 Å². The number of fused-ring (bicyclic) bond motifs is 1. The second-order valence-electron chi connectivity index (χ2n) is 4.22. The van der Waals surface area contributed by atoms with E-state index in [0.29, 0.717) is 24.4 Å². The van der Waals surface area contributed by atoms with Gasteiger partial charge in [-0.05, 0) is 24.3 Å². The number of ether oxygens (including phenoxy) is 1. The maximum Gasteiger partial charge on any atom is 0.336 e. The second kappa shape index (κ2) is 6.83. The lowest BCUT2D eigenvalue weighted by Crippen LogP contribution is -2.30. The van der Waals surface area contributed by atoms with Crippen molar-refractivity contribution in [1.29, 1.82) is 0 Å². The van der Waals surface area contributed by atoms with Crippen LogP contribution in [0.1, 0.15) is 0 Å². The molecular formula is C14H16N2O4. The van der Waals surface area contributed by atoms with Crippen molar-refractivity contribution in [3.8, 4) is 0 Å². The van der Waals surface area contributed by atoms with E-state index in [1.165, 1.54) is 6.07 Å². The van der Waals surface area contributed by atoms with Crippen LogP contribution in [-0.4, -0.2) is 32.7 Å². The van der Waals surface area contributed by atoms with Gasteiger partial charge in [-0.25, -0.2) is 4.79 Å². The molecule has 2 N–H and O–H groups in total. The molecule has 0 spiro atoms. The van der Waals surface area contributed by atoms with E-state index in [-0.39, 0.29) is 12.5 Å². The van der Waals surface area contributed by atoms with Gasteiger partial charge < -0.3 is 19.8 Å². The molecule has 1 heterocycles. The molecule has 0 aliphatic heterocycles. The van der Waals surface area contributed by atoms with Gasteiger partial charge in [-0.15, -0.1) is 0 Å². The molecule has 0 radical (unpaired) electrons. The molecule has 0 fully saturated rings. The monoisotopic (exact) mass is 276 g/mol. The summed E-state index contributed by atoms with van der Waals surface area (Å²) in [5.74, 6) is -0.141. The number of carbonyl (C=O) groups excluding carboxylic acids is 1. The Morgan fingerprint density at radius 3 is 2.95 bits per heavy atom. The average molecular weight is 276 g/mol. The van der Waals surface area contributed by atoms with Gasteiger partial charge in [-0.3, -0.25) is 4.79 Å². The third-order valence-corrected chi connectivity index (χ3v) is 2.67. The highest BCUT2D eigenvalue weighted by Gasteiger charge is 2.03. The van der Waals surface area contributed by atoms with Gasteiger partial charge in [0.05, 0.1) is 13.2 Å². The molecule has 0 saturated heterocycles. The maximum absolute atomic E-state index is 11.7. The number of carbonyl (C=O) groups is 1. The van der Waals surface area contributed by atoms with Gasteiger partial charge in [0.25, 0.3) is 0 Å². The Kier molecular flexibility index (Phi) is 4.86. The van der Waals surface area contributed by atoms with Crippen LogP contribution in [0.4, 0.5) is 5.69 Å². The molecule has 0 aliphatic rings. The molecule has 0 bridgehead atoms. The quantitative estimate of drug-likeness (QED) is 0.607. The molecule has 106 valence electrons. The van der Waals surface area contributed by atoms with E-state index < -0.39 is 5.63 Å². The van der Waals surface area contributed by atoms with Gasteiger partial charge in [0.15, 0.2) is 0 Å². The molecule has 0 unspecified atom stereocenters. The van der Waals surface area contributed by atoms with Crippen LogP contribution >= 0.6 is 0 Å². The number of hydrogen-bond acceptors (Lipinski definition) is 5. The van der Waals surface area contributed by atoms with Crippen molar-refractivity contribution in [3.63, 3.8) is 0 Å². The largest absolute Gasteiger partial charge is 0.423 e. The van der Waals surface area contributed by atoms with Crippen LogP contribution in [0, 0.1) is 0 Å². The lowest BCUT2D eigenvalue weighted by Gasteiger charge is -2.07. The Bertz CT molecular complexity index is 651. The van der Waals surface area contributed by atoms with Crippen LogP contribution in [0.5, 0.6) is 0 Å². The molecule has 1 aromatic carbocycles. The fourth-order valence-corrected chi connectivity index (χ4v) is 1.73. The van der Waals surface area contributed by atoms with Crippen LogP contribution in [0.15, 0.2) is 39.5 Å². The zero-order valence-electron chi connectivity index (χ0n) is 11.1. The van der Waals surface area contributed by atoms with Gasteiger partial charge in [0, 0.05) is 30.8 Å². The summed E-state index contributed by atoms with van der Waals surface area (Å²) in [7, 11) is 1.61. The minimum absolute atomic E-state index is 0.141. The summed E-state index contributed by atoms with van der Waals surface area (Å²) < 4.78 is 9.89. The molecule has 20 heavy (non-hydrogen) atoms. The molecule has 0 atom stereocenters. The first-order chi connectivity index (χ1) is 9.69. The first-order valence-electron chi connectivity index (χ1n) is 6.22. The predicted molar refractivity (Wildman–Crippen MR) is 75.9 cm³/mol. The fourth-order valence-electron chi connectivity index (χ4n) is 1.73. The summed E-state index contributed by atoms with van der Waals surface area (Å²) in [4.78, 5) is 22.7. The Morgan fingerprint density at radius 2 is 2.15 bits per heavy atom. The first-order valence-corrected chi connectivity index (χ1v) is 6.22. The summed E-state index contributed by atoms with van der Waals surface area (Å²) in [5, 5.41) is 6.48. The molecule has 2 rings (SSSR count). The van der Waals surface area contributed by atoms with Gasteiger partial charge >= 0.3 is 5.63 Å². The molecule has 1 amide bonds. The van der Waals surface area contributed by atoms with Crippen molar-refractivity contribution in [2.75, 3.05) is 32.1 Å². The van der Waals surface area contributed by atoms with Gasteiger partial charge in [-0.2, -0.15) is 0 Å². The van der Waals surface area contributed by atoms with E-state index in [1.54, 1.807) is 31.4 Å². The molecular weight excluding hydrogens is 260 g/mol. The Labute approximate surface area is 115 Å². The zero-order chi connectivity index (χ0) is 14.4. The molecule has 0 aliphatic carbocycles. The number of methoxy groups -OCH3 is 1. The molecule has 2 aromatic rings. The third-order valence-electron chi connectivity index (χ3n) is 2.67. The Hall–Kier alpha value is -2.18. The minimum atomic E-state index is -0.392. The molecule has 6 heteroatoms. The smallest absolute Gasteiger partial charge is 0.336 e. The van der Waals surface area contributed by atoms with Crippen molar-refractivity contribution < 1.29 is 13.9 Å². The number of rotatable bonds is 6. The van der Waals surface area contributed by atoms with Crippen LogP contribution in [0.25, 0.3) is 11.0 Å². The average Bonchev–Trinajstić information content (AvgIpc) is 2.44. The number of nitrogens with one attached hydrogen (secondary N) is 2. The van der Waals surface area contributed by atoms with Crippen molar-refractivity contribution in [2.45, 2.75) is 0 Å². The topological polar surface area (TPSA) is 80.6 Å². The van der Waals surface area contributed by atoms with E-state index in [9.17, 15) is 9.59 Å². The summed E-state index contributed by atoms with van der Waals surface area (Å²) in [6.07, 6.45) is 0. The van der Waals surface area contributed by atoms with E-state index >= 15 is 0 Å². The predicted octanol–water partition coefficient (Wildman–Crippen LogP) is 0.967.